The van der Waals surface area contributed by atoms with Gasteiger partial charge in [-0.25, -0.2) is 4.98 Å². The molecule has 0 bridgehead atoms. The van der Waals surface area contributed by atoms with E-state index in [2.05, 4.69) is 10.3 Å². The molecule has 0 radical (unpaired) electrons. The number of thiazole rings is 1. The number of hydrogen-bond acceptors (Lipinski definition) is 4. The summed E-state index contributed by atoms with van der Waals surface area (Å²) in [5.41, 5.74) is 2.34. The highest BCUT2D eigenvalue weighted by Gasteiger charge is 2.13. The number of carbonyl (C=O) groups excluding carboxylic acids is 1. The Morgan fingerprint density at radius 3 is 2.80 bits per heavy atom. The third-order valence-electron chi connectivity index (χ3n) is 2.74. The zero-order valence-electron chi connectivity index (χ0n) is 11.6. The zero-order valence-corrected chi connectivity index (χ0v) is 13.2. The molecule has 1 amide bonds. The number of hydrogen-bond donors (Lipinski definition) is 1. The number of halogens is 1. The van der Waals surface area contributed by atoms with Gasteiger partial charge in [0.25, 0.3) is 5.91 Å². The maximum Gasteiger partial charge on any atom is 0.254 e. The van der Waals surface area contributed by atoms with Gasteiger partial charge in [-0.15, -0.1) is 11.3 Å². The molecule has 6 heteroatoms. The fourth-order valence-electron chi connectivity index (χ4n) is 1.72. The molecule has 4 nitrogen and oxygen atoms in total. The topological polar surface area (TPSA) is 45.2 Å². The van der Waals surface area contributed by atoms with Crippen LogP contribution in [0.1, 0.15) is 21.1 Å². The van der Waals surface area contributed by atoms with Crippen molar-refractivity contribution in [3.8, 4) is 0 Å². The van der Waals surface area contributed by atoms with Crippen LogP contribution in [0, 0.1) is 6.92 Å². The van der Waals surface area contributed by atoms with Crippen LogP contribution in [0.2, 0.25) is 5.02 Å². The van der Waals surface area contributed by atoms with Gasteiger partial charge < -0.3 is 10.2 Å². The number of nitrogens with one attached hydrogen (secondary N) is 1. The van der Waals surface area contributed by atoms with E-state index < -0.39 is 0 Å². The Morgan fingerprint density at radius 2 is 2.20 bits per heavy atom. The first-order valence-electron chi connectivity index (χ1n) is 6.13. The predicted molar refractivity (Wildman–Crippen MR) is 83.6 cm³/mol. The Labute approximate surface area is 127 Å². The number of aromatic nitrogens is 1. The Kier molecular flexibility index (Phi) is 4.62. The summed E-state index contributed by atoms with van der Waals surface area (Å²) in [5.74, 6) is -0.108. The lowest BCUT2D eigenvalue weighted by Crippen LogP contribution is -2.22. The van der Waals surface area contributed by atoms with Crippen LogP contribution in [-0.4, -0.2) is 29.9 Å². The van der Waals surface area contributed by atoms with E-state index in [9.17, 15) is 4.79 Å². The lowest BCUT2D eigenvalue weighted by molar-refractivity contribution is 0.0828. The van der Waals surface area contributed by atoms with Crippen molar-refractivity contribution in [2.24, 2.45) is 0 Å². The molecule has 0 aliphatic rings. The number of amides is 1. The first-order chi connectivity index (χ1) is 9.47. The molecule has 106 valence electrons. The lowest BCUT2D eigenvalue weighted by Gasteiger charge is -2.13. The Morgan fingerprint density at radius 1 is 1.45 bits per heavy atom. The van der Waals surface area contributed by atoms with Crippen LogP contribution in [0.4, 0.5) is 5.69 Å². The van der Waals surface area contributed by atoms with Crippen LogP contribution >= 0.6 is 22.9 Å². The van der Waals surface area contributed by atoms with Crippen molar-refractivity contribution in [1.82, 2.24) is 9.88 Å². The minimum absolute atomic E-state index is 0.108. The molecule has 0 spiro atoms. The summed E-state index contributed by atoms with van der Waals surface area (Å²) in [7, 11) is 3.41. The van der Waals surface area contributed by atoms with E-state index in [1.54, 1.807) is 37.6 Å². The van der Waals surface area contributed by atoms with Gasteiger partial charge in [0.2, 0.25) is 0 Å². The highest BCUT2D eigenvalue weighted by atomic mass is 35.5. The third-order valence-corrected chi connectivity index (χ3v) is 3.90. The van der Waals surface area contributed by atoms with Gasteiger partial charge >= 0.3 is 0 Å². The molecule has 0 saturated carbocycles. The second kappa shape index (κ2) is 6.24. The van der Waals surface area contributed by atoms with Gasteiger partial charge in [-0.05, 0) is 25.1 Å². The number of anilines is 1. The van der Waals surface area contributed by atoms with Crippen LogP contribution in [0.25, 0.3) is 0 Å². The SMILES string of the molecule is Cc1nc(CNc2ccc(Cl)c(C(=O)N(C)C)c2)cs1. The fraction of sp³-hybridized carbons (Fsp3) is 0.286. The predicted octanol–water partition coefficient (Wildman–Crippen LogP) is 3.42. The molecule has 2 rings (SSSR count). The monoisotopic (exact) mass is 309 g/mol. The van der Waals surface area contributed by atoms with Gasteiger partial charge in [0, 0.05) is 25.2 Å². The summed E-state index contributed by atoms with van der Waals surface area (Å²) in [6, 6.07) is 5.35. The summed E-state index contributed by atoms with van der Waals surface area (Å²) in [5, 5.41) is 6.77. The molecule has 20 heavy (non-hydrogen) atoms. The summed E-state index contributed by atoms with van der Waals surface area (Å²) < 4.78 is 0. The number of carbonyl (C=O) groups is 1. The van der Waals surface area contributed by atoms with Crippen molar-refractivity contribution in [3.63, 3.8) is 0 Å². The standard InChI is InChI=1S/C14H16ClN3OS/c1-9-17-11(8-20-9)7-16-10-4-5-13(15)12(6-10)14(19)18(2)3/h4-6,8,16H,7H2,1-3H3. The van der Waals surface area contributed by atoms with E-state index in [0.29, 0.717) is 17.1 Å². The maximum absolute atomic E-state index is 12.0. The van der Waals surface area contributed by atoms with E-state index >= 15 is 0 Å². The molecule has 1 aromatic heterocycles. The molecular formula is C14H16ClN3OS. The van der Waals surface area contributed by atoms with Crippen LogP contribution < -0.4 is 5.32 Å². The molecule has 0 atom stereocenters. The molecule has 2 aromatic rings. The van der Waals surface area contributed by atoms with Crippen molar-refractivity contribution < 1.29 is 4.79 Å². The summed E-state index contributed by atoms with van der Waals surface area (Å²) in [6.45, 7) is 2.60. The molecule has 0 unspecified atom stereocenters. The average Bonchev–Trinajstić information content (AvgIpc) is 2.82. The first-order valence-corrected chi connectivity index (χ1v) is 7.39. The van der Waals surface area contributed by atoms with Crippen LogP contribution in [0.15, 0.2) is 23.6 Å². The van der Waals surface area contributed by atoms with Gasteiger partial charge in [0.1, 0.15) is 0 Å². The number of rotatable bonds is 4. The lowest BCUT2D eigenvalue weighted by atomic mass is 10.1. The van der Waals surface area contributed by atoms with Crippen molar-refractivity contribution in [1.29, 1.82) is 0 Å². The van der Waals surface area contributed by atoms with Crippen LogP contribution in [-0.2, 0) is 6.54 Å². The molecule has 0 fully saturated rings. The van der Waals surface area contributed by atoms with Crippen LogP contribution in [0.3, 0.4) is 0 Å². The van der Waals surface area contributed by atoms with Crippen LogP contribution in [0.5, 0.6) is 0 Å². The third kappa shape index (κ3) is 3.49. The highest BCUT2D eigenvalue weighted by Crippen LogP contribution is 2.22. The van der Waals surface area contributed by atoms with Crippen molar-refractivity contribution in [2.75, 3.05) is 19.4 Å². The molecule has 0 aliphatic heterocycles. The average molecular weight is 310 g/mol. The van der Waals surface area contributed by atoms with E-state index in [1.165, 1.54) is 4.90 Å². The van der Waals surface area contributed by atoms with E-state index in [4.69, 9.17) is 11.6 Å². The van der Waals surface area contributed by atoms with Crippen molar-refractivity contribution >= 4 is 34.5 Å². The molecular weight excluding hydrogens is 294 g/mol. The summed E-state index contributed by atoms with van der Waals surface area (Å²) in [6.07, 6.45) is 0. The molecule has 0 saturated heterocycles. The zero-order chi connectivity index (χ0) is 14.7. The quantitative estimate of drug-likeness (QED) is 0.941. The first kappa shape index (κ1) is 14.8. The Hall–Kier alpha value is -1.59. The molecule has 1 heterocycles. The largest absolute Gasteiger partial charge is 0.379 e. The maximum atomic E-state index is 12.0. The fourth-order valence-corrected chi connectivity index (χ4v) is 2.53. The van der Waals surface area contributed by atoms with Gasteiger partial charge in [0.05, 0.1) is 27.8 Å². The molecule has 1 N–H and O–H groups in total. The molecule has 0 aliphatic carbocycles. The van der Waals surface area contributed by atoms with E-state index in [1.807, 2.05) is 18.4 Å². The minimum Gasteiger partial charge on any atom is -0.379 e. The smallest absolute Gasteiger partial charge is 0.254 e. The van der Waals surface area contributed by atoms with Crippen molar-refractivity contribution in [2.45, 2.75) is 13.5 Å². The second-order valence-electron chi connectivity index (χ2n) is 4.61. The number of nitrogens with zero attached hydrogens (tertiary/aromatic N) is 2. The van der Waals surface area contributed by atoms with E-state index in [-0.39, 0.29) is 5.91 Å². The second-order valence-corrected chi connectivity index (χ2v) is 6.08. The summed E-state index contributed by atoms with van der Waals surface area (Å²) >= 11 is 7.69. The number of benzene rings is 1. The Bertz CT molecular complexity index is 625. The number of aryl methyl sites for hydroxylation is 1. The summed E-state index contributed by atoms with van der Waals surface area (Å²) in [4.78, 5) is 17.9. The Balaban J connectivity index is 2.13. The van der Waals surface area contributed by atoms with Crippen molar-refractivity contribution in [3.05, 3.63) is 44.9 Å². The van der Waals surface area contributed by atoms with E-state index in [0.717, 1.165) is 16.4 Å². The highest BCUT2D eigenvalue weighted by molar-refractivity contribution is 7.09. The van der Waals surface area contributed by atoms with Gasteiger partial charge in [-0.2, -0.15) is 0 Å². The van der Waals surface area contributed by atoms with Gasteiger partial charge in [-0.1, -0.05) is 11.6 Å². The molecule has 1 aromatic carbocycles. The van der Waals surface area contributed by atoms with Gasteiger partial charge in [0.15, 0.2) is 0 Å². The minimum atomic E-state index is -0.108. The van der Waals surface area contributed by atoms with Gasteiger partial charge in [-0.3, -0.25) is 4.79 Å². The normalized spacial score (nSPS) is 10.4.